The Morgan fingerprint density at radius 1 is 1.47 bits per heavy atom. The summed E-state index contributed by atoms with van der Waals surface area (Å²) < 4.78 is 11.2. The highest BCUT2D eigenvalue weighted by molar-refractivity contribution is 7.85. The molecule has 0 radical (unpaired) electrons. The number of hydrogen-bond donors (Lipinski definition) is 2. The summed E-state index contributed by atoms with van der Waals surface area (Å²) in [6.07, 6.45) is 0. The molecule has 0 saturated carbocycles. The van der Waals surface area contributed by atoms with Crippen molar-refractivity contribution >= 4 is 34.1 Å². The van der Waals surface area contributed by atoms with Gasteiger partial charge < -0.3 is 15.3 Å². The number of thiazole rings is 1. The minimum absolute atomic E-state index is 0.0115. The Bertz CT molecular complexity index is 507. The van der Waals surface area contributed by atoms with Gasteiger partial charge in [0.05, 0.1) is 6.54 Å². The van der Waals surface area contributed by atoms with E-state index < -0.39 is 16.8 Å². The summed E-state index contributed by atoms with van der Waals surface area (Å²) in [6, 6.07) is -0.233. The van der Waals surface area contributed by atoms with Crippen LogP contribution in [0.15, 0.2) is 5.38 Å². The number of nitrogens with one attached hydrogen (secondary N) is 1. The number of carboxylic acid groups (broad SMARTS) is 1. The number of carboxylic acids is 1. The number of aromatic carboxylic acids is 1. The minimum atomic E-state index is -1.08. The summed E-state index contributed by atoms with van der Waals surface area (Å²) in [7, 11) is -0.817. The van der Waals surface area contributed by atoms with Crippen molar-refractivity contribution in [3.05, 3.63) is 16.1 Å². The van der Waals surface area contributed by atoms with Crippen LogP contribution in [0.4, 0.5) is 4.79 Å². The molecule has 9 heteroatoms. The van der Waals surface area contributed by atoms with E-state index in [1.807, 2.05) is 0 Å². The number of urea groups is 1. The van der Waals surface area contributed by atoms with Gasteiger partial charge in [0.15, 0.2) is 5.69 Å². The SMILES string of the molecule is O=C(O)c1csc(CNC(=O)N2CCS(=O)CC2)n1. The van der Waals surface area contributed by atoms with Gasteiger partial charge >= 0.3 is 12.0 Å². The molecule has 0 bridgehead atoms. The average Bonchev–Trinajstić information content (AvgIpc) is 2.86. The van der Waals surface area contributed by atoms with E-state index in [0.29, 0.717) is 29.6 Å². The Balaban J connectivity index is 1.82. The van der Waals surface area contributed by atoms with Gasteiger partial charge in [0, 0.05) is 40.8 Å². The van der Waals surface area contributed by atoms with Crippen molar-refractivity contribution in [2.75, 3.05) is 24.6 Å². The summed E-state index contributed by atoms with van der Waals surface area (Å²) in [6.45, 7) is 1.17. The summed E-state index contributed by atoms with van der Waals surface area (Å²) in [5.41, 5.74) is -0.0115. The fraction of sp³-hybridized carbons (Fsp3) is 0.500. The predicted octanol–water partition coefficient (Wildman–Crippen LogP) is 0.115. The van der Waals surface area contributed by atoms with E-state index in [0.717, 1.165) is 0 Å². The van der Waals surface area contributed by atoms with Crippen LogP contribution in [-0.4, -0.2) is 55.8 Å². The maximum Gasteiger partial charge on any atom is 0.355 e. The third-order valence-corrected chi connectivity index (χ3v) is 4.75. The number of nitrogens with zero attached hydrogens (tertiary/aromatic N) is 2. The first-order chi connectivity index (χ1) is 9.06. The molecule has 104 valence electrons. The molecule has 0 aliphatic carbocycles. The van der Waals surface area contributed by atoms with E-state index in [1.54, 1.807) is 4.90 Å². The highest BCUT2D eigenvalue weighted by Crippen LogP contribution is 2.09. The van der Waals surface area contributed by atoms with Crippen LogP contribution in [0.1, 0.15) is 15.5 Å². The van der Waals surface area contributed by atoms with Crippen LogP contribution in [0.5, 0.6) is 0 Å². The van der Waals surface area contributed by atoms with Gasteiger partial charge in [-0.05, 0) is 0 Å². The number of carbonyl (C=O) groups is 2. The van der Waals surface area contributed by atoms with Crippen LogP contribution in [0.2, 0.25) is 0 Å². The van der Waals surface area contributed by atoms with E-state index >= 15 is 0 Å². The smallest absolute Gasteiger partial charge is 0.355 e. The van der Waals surface area contributed by atoms with Crippen LogP contribution < -0.4 is 5.32 Å². The molecule has 0 unspecified atom stereocenters. The van der Waals surface area contributed by atoms with Crippen LogP contribution in [0.3, 0.4) is 0 Å². The highest BCUT2D eigenvalue weighted by atomic mass is 32.2. The molecule has 1 saturated heterocycles. The van der Waals surface area contributed by atoms with Crippen LogP contribution in [0, 0.1) is 0 Å². The van der Waals surface area contributed by atoms with Crippen molar-refractivity contribution in [1.82, 2.24) is 15.2 Å². The maximum atomic E-state index is 11.8. The van der Waals surface area contributed by atoms with Crippen molar-refractivity contribution in [3.8, 4) is 0 Å². The molecule has 1 aromatic rings. The summed E-state index contributed by atoms with van der Waals surface area (Å²) in [4.78, 5) is 27.9. The Hall–Kier alpha value is -1.48. The van der Waals surface area contributed by atoms with E-state index in [9.17, 15) is 13.8 Å². The second kappa shape index (κ2) is 6.11. The number of aromatic nitrogens is 1. The fourth-order valence-electron chi connectivity index (χ4n) is 1.59. The lowest BCUT2D eigenvalue weighted by atomic mass is 10.5. The van der Waals surface area contributed by atoms with Crippen LogP contribution in [0.25, 0.3) is 0 Å². The molecule has 2 rings (SSSR count). The molecule has 0 atom stereocenters. The van der Waals surface area contributed by atoms with Gasteiger partial charge in [-0.1, -0.05) is 0 Å². The monoisotopic (exact) mass is 303 g/mol. The standard InChI is InChI=1S/C10H13N3O4S2/c14-9(15)7-6-18-8(12-7)5-11-10(16)13-1-3-19(17)4-2-13/h6H,1-5H2,(H,11,16)(H,14,15). The van der Waals surface area contributed by atoms with Gasteiger partial charge in [0.1, 0.15) is 5.01 Å². The fourth-order valence-corrected chi connectivity index (χ4v) is 3.35. The van der Waals surface area contributed by atoms with Crippen molar-refractivity contribution in [2.24, 2.45) is 0 Å². The van der Waals surface area contributed by atoms with Gasteiger partial charge in [-0.2, -0.15) is 0 Å². The molecular formula is C10H13N3O4S2. The molecule has 7 nitrogen and oxygen atoms in total. The molecule has 2 amide bonds. The molecule has 1 aliphatic heterocycles. The molecule has 2 N–H and O–H groups in total. The molecule has 19 heavy (non-hydrogen) atoms. The molecule has 0 aromatic carbocycles. The Kier molecular flexibility index (Phi) is 4.48. The number of hydrogen-bond acceptors (Lipinski definition) is 5. The number of rotatable bonds is 3. The van der Waals surface area contributed by atoms with Crippen LogP contribution in [-0.2, 0) is 17.3 Å². The number of carbonyl (C=O) groups excluding carboxylic acids is 1. The van der Waals surface area contributed by atoms with Gasteiger partial charge in [0.25, 0.3) is 0 Å². The van der Waals surface area contributed by atoms with Crippen molar-refractivity contribution < 1.29 is 18.9 Å². The maximum absolute atomic E-state index is 11.8. The minimum Gasteiger partial charge on any atom is -0.476 e. The second-order valence-corrected chi connectivity index (χ2v) is 6.56. The summed E-state index contributed by atoms with van der Waals surface area (Å²) in [5, 5.41) is 13.4. The van der Waals surface area contributed by atoms with Gasteiger partial charge in [-0.25, -0.2) is 14.6 Å². The largest absolute Gasteiger partial charge is 0.476 e. The quantitative estimate of drug-likeness (QED) is 0.826. The first kappa shape index (κ1) is 13.9. The normalized spacial score (nSPS) is 16.3. The Morgan fingerprint density at radius 3 is 2.74 bits per heavy atom. The van der Waals surface area contributed by atoms with Crippen molar-refractivity contribution in [1.29, 1.82) is 0 Å². The van der Waals surface area contributed by atoms with Gasteiger partial charge in [-0.3, -0.25) is 4.21 Å². The zero-order chi connectivity index (χ0) is 13.8. The number of amides is 2. The third-order valence-electron chi connectivity index (χ3n) is 2.63. The molecule has 2 heterocycles. The molecular weight excluding hydrogens is 290 g/mol. The summed E-state index contributed by atoms with van der Waals surface area (Å²) >= 11 is 1.19. The van der Waals surface area contributed by atoms with Crippen molar-refractivity contribution in [2.45, 2.75) is 6.54 Å². The van der Waals surface area contributed by atoms with Gasteiger partial charge in [-0.15, -0.1) is 11.3 Å². The second-order valence-electron chi connectivity index (χ2n) is 3.93. The molecule has 1 aliphatic rings. The van der Waals surface area contributed by atoms with E-state index in [4.69, 9.17) is 5.11 Å². The zero-order valence-corrected chi connectivity index (χ0v) is 11.6. The van der Waals surface area contributed by atoms with E-state index in [-0.39, 0.29) is 18.3 Å². The Labute approximate surface area is 116 Å². The van der Waals surface area contributed by atoms with E-state index in [2.05, 4.69) is 10.3 Å². The lowest BCUT2D eigenvalue weighted by molar-refractivity contribution is 0.0691. The predicted molar refractivity (Wildman–Crippen MR) is 70.8 cm³/mol. The lowest BCUT2D eigenvalue weighted by Gasteiger charge is -2.26. The zero-order valence-electron chi connectivity index (χ0n) is 10.00. The lowest BCUT2D eigenvalue weighted by Crippen LogP contribution is -2.46. The summed E-state index contributed by atoms with van der Waals surface area (Å²) in [5.74, 6) is -0.0610. The highest BCUT2D eigenvalue weighted by Gasteiger charge is 2.20. The molecule has 0 spiro atoms. The first-order valence-electron chi connectivity index (χ1n) is 5.61. The van der Waals surface area contributed by atoms with Crippen molar-refractivity contribution in [3.63, 3.8) is 0 Å². The molecule has 1 aromatic heterocycles. The Morgan fingerprint density at radius 2 is 2.16 bits per heavy atom. The van der Waals surface area contributed by atoms with Gasteiger partial charge in [0.2, 0.25) is 0 Å². The first-order valence-corrected chi connectivity index (χ1v) is 7.98. The van der Waals surface area contributed by atoms with Crippen LogP contribution >= 0.6 is 11.3 Å². The average molecular weight is 303 g/mol. The molecule has 1 fully saturated rings. The van der Waals surface area contributed by atoms with E-state index in [1.165, 1.54) is 16.7 Å². The topological polar surface area (TPSA) is 99.6 Å². The third kappa shape index (κ3) is 3.74.